The Kier molecular flexibility index (Phi) is 9.62. The summed E-state index contributed by atoms with van der Waals surface area (Å²) in [4.78, 5) is 19.4. The quantitative estimate of drug-likeness (QED) is 0.158. The molecular formula is C29H35F3N4O4. The molecule has 1 aromatic heterocycles. The summed E-state index contributed by atoms with van der Waals surface area (Å²) in [6.07, 6.45) is 3.22. The topological polar surface area (TPSA) is 121 Å². The summed E-state index contributed by atoms with van der Waals surface area (Å²) in [7, 11) is 1.56. The van der Waals surface area contributed by atoms with Crippen LogP contribution in [0.5, 0.6) is 5.75 Å². The fourth-order valence-electron chi connectivity index (χ4n) is 5.65. The maximum Gasteiger partial charge on any atom is 0.249 e. The number of aliphatic hydroxyl groups excluding tert-OH is 1. The number of benzene rings is 2. The number of amides is 1. The van der Waals surface area contributed by atoms with Crippen LogP contribution in [0.4, 0.5) is 13.2 Å². The largest absolute Gasteiger partial charge is 0.497 e. The van der Waals surface area contributed by atoms with E-state index in [-0.39, 0.29) is 13.0 Å². The average Bonchev–Trinajstić information content (AvgIpc) is 2.97. The SMILES string of the molecule is COc1ccc2ncc(CN)c(C(O)CCC3(C(=O)NO)CCN(CCCc4cc(F)c(F)c(F)c4)CC3)c2c1. The summed E-state index contributed by atoms with van der Waals surface area (Å²) in [5, 5.41) is 21.6. The molecule has 0 spiro atoms. The van der Waals surface area contributed by atoms with Crippen LogP contribution >= 0.6 is 0 Å². The van der Waals surface area contributed by atoms with Gasteiger partial charge >= 0.3 is 0 Å². The highest BCUT2D eigenvalue weighted by Gasteiger charge is 2.41. The fraction of sp³-hybridized carbons (Fsp3) is 0.448. The van der Waals surface area contributed by atoms with Gasteiger partial charge in [-0.2, -0.15) is 0 Å². The number of hydrogen-bond donors (Lipinski definition) is 4. The van der Waals surface area contributed by atoms with Crippen LogP contribution in [0.2, 0.25) is 0 Å². The van der Waals surface area contributed by atoms with Crippen molar-refractivity contribution in [3.05, 3.63) is 70.7 Å². The van der Waals surface area contributed by atoms with E-state index in [0.29, 0.717) is 79.7 Å². The maximum atomic E-state index is 13.5. The number of aromatic nitrogens is 1. The van der Waals surface area contributed by atoms with Crippen LogP contribution in [0.1, 0.15) is 54.9 Å². The van der Waals surface area contributed by atoms with Gasteiger partial charge in [-0.25, -0.2) is 18.7 Å². The van der Waals surface area contributed by atoms with E-state index in [1.807, 2.05) is 17.6 Å². The lowest BCUT2D eigenvalue weighted by Crippen LogP contribution is -2.48. The Hall–Kier alpha value is -3.25. The summed E-state index contributed by atoms with van der Waals surface area (Å²) in [5.41, 5.74) is 9.32. The van der Waals surface area contributed by atoms with Gasteiger partial charge in [0, 0.05) is 18.1 Å². The van der Waals surface area contributed by atoms with Gasteiger partial charge in [-0.1, -0.05) is 0 Å². The number of rotatable bonds is 11. The Bertz CT molecular complexity index is 1320. The summed E-state index contributed by atoms with van der Waals surface area (Å²) in [5.74, 6) is -3.74. The molecule has 1 aliphatic heterocycles. The molecule has 8 nitrogen and oxygen atoms in total. The number of nitrogens with zero attached hydrogens (tertiary/aromatic N) is 2. The molecule has 0 bridgehead atoms. The molecule has 216 valence electrons. The van der Waals surface area contributed by atoms with E-state index in [1.165, 1.54) is 0 Å². The van der Waals surface area contributed by atoms with Gasteiger partial charge in [0.15, 0.2) is 17.5 Å². The minimum absolute atomic E-state index is 0.182. The average molecular weight is 561 g/mol. The first-order valence-electron chi connectivity index (χ1n) is 13.4. The number of aliphatic hydroxyl groups is 1. The maximum absolute atomic E-state index is 13.5. The van der Waals surface area contributed by atoms with Gasteiger partial charge in [-0.15, -0.1) is 0 Å². The lowest BCUT2D eigenvalue weighted by Gasteiger charge is -2.40. The molecule has 1 fully saturated rings. The van der Waals surface area contributed by atoms with Crippen LogP contribution < -0.4 is 16.0 Å². The molecule has 1 saturated heterocycles. The molecule has 5 N–H and O–H groups in total. The minimum atomic E-state index is -1.47. The van der Waals surface area contributed by atoms with E-state index in [1.54, 1.807) is 19.4 Å². The number of piperidine rings is 1. The minimum Gasteiger partial charge on any atom is -0.497 e. The van der Waals surface area contributed by atoms with Crippen LogP contribution in [0.3, 0.4) is 0 Å². The van der Waals surface area contributed by atoms with Crippen LogP contribution in [0.15, 0.2) is 36.5 Å². The Balaban J connectivity index is 1.41. The molecule has 3 aromatic rings. The van der Waals surface area contributed by atoms with Gasteiger partial charge in [0.2, 0.25) is 5.91 Å². The number of methoxy groups -OCH3 is 1. The number of carbonyl (C=O) groups excluding carboxylic acids is 1. The highest BCUT2D eigenvalue weighted by molar-refractivity contribution is 5.85. The molecule has 2 aromatic carbocycles. The zero-order chi connectivity index (χ0) is 28.9. The number of likely N-dealkylation sites (tertiary alicyclic amines) is 1. The Morgan fingerprint density at radius 1 is 1.20 bits per heavy atom. The second kappa shape index (κ2) is 12.9. The van der Waals surface area contributed by atoms with Crippen molar-refractivity contribution in [2.24, 2.45) is 11.1 Å². The van der Waals surface area contributed by atoms with Crippen LogP contribution in [-0.2, 0) is 17.8 Å². The molecule has 11 heteroatoms. The van der Waals surface area contributed by atoms with Crippen molar-refractivity contribution >= 4 is 16.8 Å². The molecule has 0 aliphatic carbocycles. The number of hydrogen-bond acceptors (Lipinski definition) is 7. The third kappa shape index (κ3) is 6.38. The Morgan fingerprint density at radius 3 is 2.52 bits per heavy atom. The van der Waals surface area contributed by atoms with E-state index in [2.05, 4.69) is 9.88 Å². The molecule has 1 amide bonds. The van der Waals surface area contributed by atoms with Crippen molar-refractivity contribution < 1.29 is 33.0 Å². The second-order valence-electron chi connectivity index (χ2n) is 10.4. The van der Waals surface area contributed by atoms with E-state index in [4.69, 9.17) is 10.5 Å². The van der Waals surface area contributed by atoms with Crippen molar-refractivity contribution in [2.45, 2.75) is 51.2 Å². The van der Waals surface area contributed by atoms with E-state index in [9.17, 15) is 28.3 Å². The first kappa shape index (κ1) is 29.7. The molecule has 0 radical (unpaired) electrons. The third-order valence-corrected chi connectivity index (χ3v) is 8.03. The molecular weight excluding hydrogens is 525 g/mol. The number of ether oxygens (including phenoxy) is 1. The van der Waals surface area contributed by atoms with Crippen LogP contribution in [0, 0.1) is 22.9 Å². The van der Waals surface area contributed by atoms with Crippen LogP contribution in [0.25, 0.3) is 10.9 Å². The second-order valence-corrected chi connectivity index (χ2v) is 10.4. The monoisotopic (exact) mass is 560 g/mol. The zero-order valence-corrected chi connectivity index (χ0v) is 22.4. The van der Waals surface area contributed by atoms with Gasteiger partial charge in [0.1, 0.15) is 5.75 Å². The number of nitrogens with one attached hydrogen (secondary N) is 1. The smallest absolute Gasteiger partial charge is 0.249 e. The molecule has 1 aliphatic rings. The third-order valence-electron chi connectivity index (χ3n) is 8.03. The summed E-state index contributed by atoms with van der Waals surface area (Å²) in [6.45, 7) is 1.95. The lowest BCUT2D eigenvalue weighted by molar-refractivity contribution is -0.143. The zero-order valence-electron chi connectivity index (χ0n) is 22.4. The number of halogens is 3. The Labute approximate surface area is 230 Å². The van der Waals surface area contributed by atoms with Crippen molar-refractivity contribution in [1.29, 1.82) is 0 Å². The number of hydroxylamine groups is 1. The van der Waals surface area contributed by atoms with Gasteiger partial charge in [-0.05, 0) is 105 Å². The predicted molar refractivity (Wildman–Crippen MR) is 143 cm³/mol. The molecule has 4 rings (SSSR count). The van der Waals surface area contributed by atoms with Crippen LogP contribution in [-0.4, -0.2) is 52.8 Å². The number of pyridine rings is 1. The fourth-order valence-corrected chi connectivity index (χ4v) is 5.65. The van der Waals surface area contributed by atoms with Crippen molar-refractivity contribution in [3.8, 4) is 5.75 Å². The summed E-state index contributed by atoms with van der Waals surface area (Å²) < 4.78 is 45.5. The highest BCUT2D eigenvalue weighted by atomic mass is 19.2. The number of nitrogens with two attached hydrogens (primary N) is 1. The summed E-state index contributed by atoms with van der Waals surface area (Å²) in [6, 6.07) is 7.43. The molecule has 2 heterocycles. The first-order chi connectivity index (χ1) is 19.2. The van der Waals surface area contributed by atoms with Gasteiger partial charge in [0.05, 0.1) is 24.1 Å². The predicted octanol–water partition coefficient (Wildman–Crippen LogP) is 4.15. The standard InChI is InChI=1S/C29H35F3N4O4/c1-40-20-4-5-24-21(15-20)26(19(16-33)17-34-24)25(37)6-7-29(28(38)35-39)8-11-36(12-9-29)10-2-3-18-13-22(30)27(32)23(31)14-18/h4-5,13-15,17,25,37,39H,2-3,6-12,16,33H2,1H3,(H,35,38). The lowest BCUT2D eigenvalue weighted by atomic mass is 9.73. The molecule has 0 saturated carbocycles. The van der Waals surface area contributed by atoms with Gasteiger partial charge in [-0.3, -0.25) is 15.0 Å². The molecule has 40 heavy (non-hydrogen) atoms. The van der Waals surface area contributed by atoms with E-state index in [0.717, 1.165) is 17.5 Å². The number of carbonyl (C=O) groups is 1. The molecule has 1 unspecified atom stereocenters. The van der Waals surface area contributed by atoms with Crippen molar-refractivity contribution in [1.82, 2.24) is 15.4 Å². The van der Waals surface area contributed by atoms with E-state index >= 15 is 0 Å². The normalized spacial score (nSPS) is 16.2. The van der Waals surface area contributed by atoms with Gasteiger partial charge < -0.3 is 20.5 Å². The first-order valence-corrected chi connectivity index (χ1v) is 13.4. The van der Waals surface area contributed by atoms with Crippen molar-refractivity contribution in [2.75, 3.05) is 26.7 Å². The van der Waals surface area contributed by atoms with Gasteiger partial charge in [0.25, 0.3) is 0 Å². The summed E-state index contributed by atoms with van der Waals surface area (Å²) >= 11 is 0. The molecule has 1 atom stereocenters. The van der Waals surface area contributed by atoms with E-state index < -0.39 is 34.9 Å². The number of fused-ring (bicyclic) bond motifs is 1. The number of aryl methyl sites for hydroxylation is 1. The van der Waals surface area contributed by atoms with Crippen molar-refractivity contribution in [3.63, 3.8) is 0 Å². The Morgan fingerprint density at radius 2 is 1.90 bits per heavy atom. The highest BCUT2D eigenvalue weighted by Crippen LogP contribution is 2.40.